The largest absolute Gasteiger partial charge is 0.359 e. The topological polar surface area (TPSA) is 112 Å². The highest BCUT2D eigenvalue weighted by Gasteiger charge is 2.11. The summed E-state index contributed by atoms with van der Waals surface area (Å²) < 4.78 is 6.45. The zero-order valence-corrected chi connectivity index (χ0v) is 7.62. The van der Waals surface area contributed by atoms with Gasteiger partial charge in [-0.15, -0.1) is 0 Å². The number of aromatic nitrogens is 4. The van der Waals surface area contributed by atoms with Crippen LogP contribution in [0.25, 0.3) is 0 Å². The summed E-state index contributed by atoms with van der Waals surface area (Å²) in [5.41, 5.74) is 2.09. The molecule has 0 saturated heterocycles. The number of amides is 1. The fourth-order valence-electron chi connectivity index (χ4n) is 1.04. The number of nitrogens with two attached hydrogens (primary N) is 1. The van der Waals surface area contributed by atoms with Crippen molar-refractivity contribution in [1.82, 2.24) is 25.3 Å². The molecular formula is C7H8N6O2. The molecule has 2 aromatic heterocycles. The summed E-state index contributed by atoms with van der Waals surface area (Å²) in [5, 5.41) is 7.42. The third-order valence-corrected chi connectivity index (χ3v) is 1.71. The highest BCUT2D eigenvalue weighted by molar-refractivity contribution is 5.91. The Kier molecular flexibility index (Phi) is 2.42. The smallest absolute Gasteiger partial charge is 0.287 e. The molecule has 0 bridgehead atoms. The summed E-state index contributed by atoms with van der Waals surface area (Å²) in [7, 11) is 0. The normalized spacial score (nSPS) is 10.2. The highest BCUT2D eigenvalue weighted by atomic mass is 16.5. The lowest BCUT2D eigenvalue weighted by atomic mass is 10.3. The van der Waals surface area contributed by atoms with Crippen molar-refractivity contribution in [2.24, 2.45) is 5.84 Å². The van der Waals surface area contributed by atoms with E-state index >= 15 is 0 Å². The monoisotopic (exact) mass is 208 g/mol. The Morgan fingerprint density at radius 3 is 3.20 bits per heavy atom. The maximum Gasteiger partial charge on any atom is 0.287 e. The summed E-state index contributed by atoms with van der Waals surface area (Å²) >= 11 is 0. The molecular weight excluding hydrogens is 200 g/mol. The van der Waals surface area contributed by atoms with Gasteiger partial charge in [-0.25, -0.2) is 15.5 Å². The van der Waals surface area contributed by atoms with Gasteiger partial charge >= 0.3 is 0 Å². The third-order valence-electron chi connectivity index (χ3n) is 1.71. The van der Waals surface area contributed by atoms with E-state index in [-0.39, 0.29) is 5.69 Å². The minimum absolute atomic E-state index is 0.132. The highest BCUT2D eigenvalue weighted by Crippen LogP contribution is 2.04. The minimum atomic E-state index is -0.497. The predicted molar refractivity (Wildman–Crippen MR) is 47.3 cm³/mol. The number of hydrogen-bond donors (Lipinski definition) is 2. The Morgan fingerprint density at radius 2 is 2.53 bits per heavy atom. The van der Waals surface area contributed by atoms with Crippen molar-refractivity contribution in [3.63, 3.8) is 0 Å². The van der Waals surface area contributed by atoms with Crippen LogP contribution in [-0.4, -0.2) is 25.8 Å². The first-order valence-electron chi connectivity index (χ1n) is 4.08. The second-order valence-corrected chi connectivity index (χ2v) is 2.74. The molecule has 0 spiro atoms. The average Bonchev–Trinajstić information content (AvgIpc) is 2.88. The van der Waals surface area contributed by atoms with E-state index < -0.39 is 5.91 Å². The van der Waals surface area contributed by atoms with Gasteiger partial charge in [0.05, 0.1) is 0 Å². The molecule has 0 aromatic carbocycles. The Morgan fingerprint density at radius 1 is 1.67 bits per heavy atom. The molecule has 15 heavy (non-hydrogen) atoms. The molecule has 78 valence electrons. The molecule has 8 nitrogen and oxygen atoms in total. The van der Waals surface area contributed by atoms with Crippen LogP contribution in [-0.2, 0) is 6.54 Å². The summed E-state index contributed by atoms with van der Waals surface area (Å²) in [6, 6.07) is 1.49. The first kappa shape index (κ1) is 9.34. The first-order valence-corrected chi connectivity index (χ1v) is 4.08. The van der Waals surface area contributed by atoms with Crippen LogP contribution in [0, 0.1) is 0 Å². The van der Waals surface area contributed by atoms with Crippen LogP contribution in [0.1, 0.15) is 16.2 Å². The lowest BCUT2D eigenvalue weighted by Gasteiger charge is -1.92. The van der Waals surface area contributed by atoms with E-state index in [1.54, 1.807) is 4.68 Å². The molecule has 0 aliphatic heterocycles. The Hall–Kier alpha value is -2.22. The molecule has 2 aromatic rings. The van der Waals surface area contributed by atoms with Gasteiger partial charge in [0.1, 0.15) is 19.2 Å². The van der Waals surface area contributed by atoms with E-state index in [0.717, 1.165) is 0 Å². The molecule has 0 unspecified atom stereocenters. The molecule has 0 atom stereocenters. The van der Waals surface area contributed by atoms with E-state index in [1.807, 2.05) is 5.43 Å². The number of carbonyl (C=O) groups is 1. The van der Waals surface area contributed by atoms with Crippen LogP contribution < -0.4 is 11.3 Å². The first-order chi connectivity index (χ1) is 7.29. The number of carbonyl (C=O) groups excluding carboxylic acids is 1. The van der Waals surface area contributed by atoms with Crippen LogP contribution >= 0.6 is 0 Å². The van der Waals surface area contributed by atoms with Gasteiger partial charge in [0.25, 0.3) is 5.91 Å². The number of nitrogens with zero attached hydrogens (tertiary/aromatic N) is 4. The second kappa shape index (κ2) is 3.88. The zero-order valence-electron chi connectivity index (χ0n) is 7.62. The maximum atomic E-state index is 11.0. The quantitative estimate of drug-likeness (QED) is 0.377. The molecule has 8 heteroatoms. The van der Waals surface area contributed by atoms with E-state index in [2.05, 4.69) is 15.2 Å². The van der Waals surface area contributed by atoms with E-state index in [1.165, 1.54) is 18.7 Å². The molecule has 0 fully saturated rings. The number of hydrazine groups is 1. The lowest BCUT2D eigenvalue weighted by Crippen LogP contribution is -2.30. The molecule has 3 N–H and O–H groups in total. The van der Waals surface area contributed by atoms with Crippen molar-refractivity contribution < 1.29 is 9.32 Å². The number of nitrogen functional groups attached to an aromatic ring is 1. The van der Waals surface area contributed by atoms with Crippen LogP contribution in [0.5, 0.6) is 0 Å². The van der Waals surface area contributed by atoms with Crippen molar-refractivity contribution in [2.75, 3.05) is 0 Å². The molecule has 0 saturated carbocycles. The molecule has 0 aliphatic carbocycles. The van der Waals surface area contributed by atoms with Gasteiger partial charge in [-0.3, -0.25) is 10.2 Å². The van der Waals surface area contributed by atoms with Gasteiger partial charge < -0.3 is 4.52 Å². The Labute approximate surface area is 84.0 Å². The third kappa shape index (κ3) is 1.99. The lowest BCUT2D eigenvalue weighted by molar-refractivity contribution is 0.0944. The number of nitrogens with one attached hydrogen (secondary N) is 1. The average molecular weight is 208 g/mol. The SMILES string of the molecule is NNC(=O)c1cc(Cn2cncn2)on1. The van der Waals surface area contributed by atoms with Crippen molar-refractivity contribution in [1.29, 1.82) is 0 Å². The zero-order chi connectivity index (χ0) is 10.7. The predicted octanol–water partition coefficient (Wildman–Crippen LogP) is -1.08. The van der Waals surface area contributed by atoms with E-state index in [0.29, 0.717) is 12.3 Å². The maximum absolute atomic E-state index is 11.0. The van der Waals surface area contributed by atoms with Gasteiger partial charge in [0, 0.05) is 6.07 Å². The van der Waals surface area contributed by atoms with Crippen molar-refractivity contribution in [3.8, 4) is 0 Å². The molecule has 0 radical (unpaired) electrons. The van der Waals surface area contributed by atoms with E-state index in [9.17, 15) is 4.79 Å². The summed E-state index contributed by atoms with van der Waals surface area (Å²) in [4.78, 5) is 14.8. The summed E-state index contributed by atoms with van der Waals surface area (Å²) in [6.07, 6.45) is 2.94. The molecule has 2 rings (SSSR count). The number of hydrogen-bond acceptors (Lipinski definition) is 6. The Balaban J connectivity index is 2.11. The molecule has 1 amide bonds. The van der Waals surface area contributed by atoms with Gasteiger partial charge in [0.2, 0.25) is 0 Å². The Bertz CT molecular complexity index is 448. The van der Waals surface area contributed by atoms with Crippen LogP contribution in [0.15, 0.2) is 23.2 Å². The van der Waals surface area contributed by atoms with Crippen molar-refractivity contribution in [2.45, 2.75) is 6.54 Å². The molecule has 0 aliphatic rings. The fourth-order valence-corrected chi connectivity index (χ4v) is 1.04. The minimum Gasteiger partial charge on any atom is -0.359 e. The second-order valence-electron chi connectivity index (χ2n) is 2.74. The van der Waals surface area contributed by atoms with Gasteiger partial charge in [-0.05, 0) is 0 Å². The van der Waals surface area contributed by atoms with Crippen molar-refractivity contribution >= 4 is 5.91 Å². The van der Waals surface area contributed by atoms with Crippen LogP contribution in [0.4, 0.5) is 0 Å². The summed E-state index contributed by atoms with van der Waals surface area (Å²) in [5.74, 6) is 4.94. The van der Waals surface area contributed by atoms with Gasteiger partial charge in [0.15, 0.2) is 11.5 Å². The van der Waals surface area contributed by atoms with Crippen molar-refractivity contribution in [3.05, 3.63) is 30.2 Å². The van der Waals surface area contributed by atoms with Crippen LogP contribution in [0.3, 0.4) is 0 Å². The fraction of sp³-hybridized carbons (Fsp3) is 0.143. The van der Waals surface area contributed by atoms with Gasteiger partial charge in [-0.2, -0.15) is 5.10 Å². The number of rotatable bonds is 3. The standard InChI is InChI=1S/C7H8N6O2/c8-11-7(14)6-1-5(15-12-6)2-13-4-9-3-10-13/h1,3-4H,2,8H2,(H,11,14). The van der Waals surface area contributed by atoms with E-state index in [4.69, 9.17) is 10.4 Å². The molecule has 2 heterocycles. The summed E-state index contributed by atoms with van der Waals surface area (Å²) in [6.45, 7) is 0.366. The van der Waals surface area contributed by atoms with Crippen LogP contribution in [0.2, 0.25) is 0 Å². The van der Waals surface area contributed by atoms with Gasteiger partial charge in [-0.1, -0.05) is 5.16 Å².